The molecule has 0 radical (unpaired) electrons. The first-order valence-corrected chi connectivity index (χ1v) is 9.68. The average molecular weight is 464 g/mol. The highest BCUT2D eigenvalue weighted by Crippen LogP contribution is 2.49. The van der Waals surface area contributed by atoms with Crippen LogP contribution in [0.25, 0.3) is 0 Å². The molecule has 1 N–H and O–H groups in total. The van der Waals surface area contributed by atoms with E-state index < -0.39 is 56.9 Å². The molecule has 172 valence electrons. The summed E-state index contributed by atoms with van der Waals surface area (Å²) in [5, 5.41) is 20.8. The minimum Gasteiger partial charge on any atom is -0.493 e. The Kier molecular flexibility index (Phi) is 7.45. The molecule has 0 aliphatic carbocycles. The van der Waals surface area contributed by atoms with Gasteiger partial charge >= 0.3 is 11.9 Å². The van der Waals surface area contributed by atoms with Crippen LogP contribution in [-0.2, 0) is 29.6 Å². The van der Waals surface area contributed by atoms with Crippen LogP contribution in [0.15, 0.2) is 6.07 Å². The lowest BCUT2D eigenvalue weighted by atomic mass is 9.72. The Morgan fingerprint density at radius 3 is 2.48 bits per heavy atom. The van der Waals surface area contributed by atoms with E-state index >= 15 is 4.39 Å². The van der Waals surface area contributed by atoms with Gasteiger partial charge in [0, 0.05) is 10.5 Å². The Labute approximate surface area is 182 Å². The molecule has 31 heavy (non-hydrogen) atoms. The van der Waals surface area contributed by atoms with Crippen molar-refractivity contribution in [3.05, 3.63) is 38.1 Å². The van der Waals surface area contributed by atoms with Crippen molar-refractivity contribution < 1.29 is 43.0 Å². The van der Waals surface area contributed by atoms with Crippen LogP contribution in [0.3, 0.4) is 0 Å². The van der Waals surface area contributed by atoms with Crippen LogP contribution >= 0.6 is 11.6 Å². The fourth-order valence-electron chi connectivity index (χ4n) is 3.55. The number of carboxylic acid groups (broad SMARTS) is 1. The number of halogens is 2. The molecule has 1 fully saturated rings. The number of rotatable bonds is 9. The molecule has 0 saturated carbocycles. The van der Waals surface area contributed by atoms with E-state index in [1.54, 1.807) is 6.92 Å². The number of carbonyl (C=O) groups is 2. The molecule has 2 unspecified atom stereocenters. The Morgan fingerprint density at radius 2 is 2.03 bits per heavy atom. The zero-order chi connectivity index (χ0) is 23.6. The largest absolute Gasteiger partial charge is 0.493 e. The second kappa shape index (κ2) is 9.33. The van der Waals surface area contributed by atoms with E-state index in [1.165, 1.54) is 13.0 Å². The van der Waals surface area contributed by atoms with Gasteiger partial charge in [-0.15, -0.1) is 0 Å². The third-order valence-electron chi connectivity index (χ3n) is 5.25. The van der Waals surface area contributed by atoms with Gasteiger partial charge in [0.1, 0.15) is 11.6 Å². The number of nitrogens with zero attached hydrogens (tertiary/aromatic N) is 1. The second-order valence-electron chi connectivity index (χ2n) is 7.11. The number of nitro groups is 1. The molecule has 10 nitrogen and oxygen atoms in total. The van der Waals surface area contributed by atoms with Crippen molar-refractivity contribution in [1.82, 2.24) is 0 Å². The van der Waals surface area contributed by atoms with E-state index in [0.29, 0.717) is 0 Å². The first-order valence-electron chi connectivity index (χ1n) is 9.30. The second-order valence-corrected chi connectivity index (χ2v) is 7.51. The van der Waals surface area contributed by atoms with Crippen LogP contribution in [-0.4, -0.2) is 55.4 Å². The lowest BCUT2D eigenvalue weighted by molar-refractivity contribution is -0.485. The van der Waals surface area contributed by atoms with Crippen LogP contribution < -0.4 is 4.74 Å². The summed E-state index contributed by atoms with van der Waals surface area (Å²) in [6.45, 7) is 3.32. The molecule has 0 spiro atoms. The minimum atomic E-state index is -2.53. The van der Waals surface area contributed by atoms with Crippen molar-refractivity contribution in [2.45, 2.75) is 32.5 Å². The van der Waals surface area contributed by atoms with Crippen molar-refractivity contribution in [2.24, 2.45) is 5.41 Å². The van der Waals surface area contributed by atoms with Gasteiger partial charge in [0.25, 0.3) is 0 Å². The molecule has 12 heteroatoms. The van der Waals surface area contributed by atoms with E-state index in [1.807, 2.05) is 0 Å². The van der Waals surface area contributed by atoms with Crippen LogP contribution in [0.5, 0.6) is 5.75 Å². The molecule has 1 heterocycles. The Morgan fingerprint density at radius 1 is 1.45 bits per heavy atom. The molecule has 0 bridgehead atoms. The molecule has 2 atom stereocenters. The molecule has 1 saturated heterocycles. The number of methoxy groups -OCH3 is 1. The highest BCUT2D eigenvalue weighted by atomic mass is 35.5. The maximum Gasteiger partial charge on any atom is 0.323 e. The number of esters is 1. The molecular weight excluding hydrogens is 441 g/mol. The summed E-state index contributed by atoms with van der Waals surface area (Å²) < 4.78 is 36.8. The van der Waals surface area contributed by atoms with E-state index in [9.17, 15) is 24.8 Å². The quantitative estimate of drug-likeness (QED) is 0.254. The summed E-state index contributed by atoms with van der Waals surface area (Å²) >= 11 is 6.08. The first-order chi connectivity index (χ1) is 14.4. The molecule has 2 rings (SSSR count). The van der Waals surface area contributed by atoms with Gasteiger partial charge in [-0.25, -0.2) is 4.39 Å². The van der Waals surface area contributed by atoms with Gasteiger partial charge in [-0.05, 0) is 26.8 Å². The average Bonchev–Trinajstić information content (AvgIpc) is 3.15. The van der Waals surface area contributed by atoms with Gasteiger partial charge in [0.15, 0.2) is 11.2 Å². The number of benzene rings is 1. The summed E-state index contributed by atoms with van der Waals surface area (Å²) in [5.41, 5.74) is -2.97. The van der Waals surface area contributed by atoms with E-state index in [4.69, 9.17) is 25.8 Å². The maximum absolute atomic E-state index is 15.4. The van der Waals surface area contributed by atoms with Gasteiger partial charge < -0.3 is 24.1 Å². The third-order valence-corrected chi connectivity index (χ3v) is 5.53. The first kappa shape index (κ1) is 24.8. The number of carboxylic acids is 1. The summed E-state index contributed by atoms with van der Waals surface area (Å²) in [5.74, 6) is -7.70. The van der Waals surface area contributed by atoms with Crippen molar-refractivity contribution in [3.63, 3.8) is 0 Å². The maximum atomic E-state index is 15.4. The van der Waals surface area contributed by atoms with Crippen LogP contribution in [0.2, 0.25) is 5.02 Å². The zero-order valence-corrected chi connectivity index (χ0v) is 18.2. The van der Waals surface area contributed by atoms with Crippen LogP contribution in [0.1, 0.15) is 37.8 Å². The molecule has 0 aromatic heterocycles. The fraction of sp³-hybridized carbons (Fsp3) is 0.579. The predicted octanol–water partition coefficient (Wildman–Crippen LogP) is 2.72. The predicted molar refractivity (Wildman–Crippen MR) is 104 cm³/mol. The van der Waals surface area contributed by atoms with E-state index in [0.717, 1.165) is 14.0 Å². The van der Waals surface area contributed by atoms with Crippen molar-refractivity contribution >= 4 is 23.5 Å². The monoisotopic (exact) mass is 463 g/mol. The summed E-state index contributed by atoms with van der Waals surface area (Å²) in [4.78, 5) is 35.2. The fourth-order valence-corrected chi connectivity index (χ4v) is 3.76. The van der Waals surface area contributed by atoms with Gasteiger partial charge in [-0.3, -0.25) is 19.7 Å². The topological polar surface area (TPSA) is 134 Å². The molecular formula is C19H23ClFNO9. The molecule has 1 aromatic rings. The standard InChI is InChI=1S/C19H23ClFNO9/c1-5-29-15-10(19(3)30-6-7-31-19)8-12(20)14(21)13(15)11(9-22(26)27)18(2,16(23)24)17(25)28-4/h8,11H,5-7,9H2,1-4H3,(H,23,24). The number of aliphatic carboxylic acids is 1. The number of carbonyl (C=O) groups excluding carboxylic acids is 1. The van der Waals surface area contributed by atoms with Gasteiger partial charge in [0.05, 0.1) is 43.4 Å². The molecule has 1 aliphatic heterocycles. The summed E-state index contributed by atoms with van der Waals surface area (Å²) in [6, 6.07) is 1.19. The lowest BCUT2D eigenvalue weighted by Crippen LogP contribution is -2.45. The zero-order valence-electron chi connectivity index (χ0n) is 17.4. The van der Waals surface area contributed by atoms with Crippen molar-refractivity contribution in [2.75, 3.05) is 33.5 Å². The molecule has 1 aliphatic rings. The van der Waals surface area contributed by atoms with Gasteiger partial charge in [0.2, 0.25) is 6.54 Å². The van der Waals surface area contributed by atoms with Crippen LogP contribution in [0.4, 0.5) is 4.39 Å². The van der Waals surface area contributed by atoms with Gasteiger partial charge in [-0.1, -0.05) is 11.6 Å². The Bertz CT molecular complexity index is 888. The van der Waals surface area contributed by atoms with E-state index in [2.05, 4.69) is 4.74 Å². The normalized spacial score (nSPS) is 18.1. The highest BCUT2D eigenvalue weighted by molar-refractivity contribution is 6.31. The number of hydrogen-bond acceptors (Lipinski definition) is 8. The molecule has 0 amide bonds. The lowest BCUT2D eigenvalue weighted by Gasteiger charge is -2.33. The van der Waals surface area contributed by atoms with Crippen molar-refractivity contribution in [1.29, 1.82) is 0 Å². The summed E-state index contributed by atoms with van der Waals surface area (Å²) in [7, 11) is 0.928. The number of hydrogen-bond donors (Lipinski definition) is 1. The number of ether oxygens (including phenoxy) is 4. The van der Waals surface area contributed by atoms with Gasteiger partial charge in [-0.2, -0.15) is 0 Å². The van der Waals surface area contributed by atoms with E-state index in [-0.39, 0.29) is 31.1 Å². The smallest absolute Gasteiger partial charge is 0.323 e. The van der Waals surface area contributed by atoms with Crippen molar-refractivity contribution in [3.8, 4) is 5.75 Å². The minimum absolute atomic E-state index is 0.00958. The summed E-state index contributed by atoms with van der Waals surface area (Å²) in [6.07, 6.45) is 0. The highest BCUT2D eigenvalue weighted by Gasteiger charge is 2.55. The Balaban J connectivity index is 2.93. The van der Waals surface area contributed by atoms with Crippen LogP contribution in [0, 0.1) is 21.3 Å². The third kappa shape index (κ3) is 4.43. The SMILES string of the molecule is CCOc1c(C2(C)OCCO2)cc(Cl)c(F)c1C(C[N+](=O)[O-])C(C)(C(=O)O)C(=O)OC. The Hall–Kier alpha value is -2.50. The molecule has 1 aromatic carbocycles.